The van der Waals surface area contributed by atoms with E-state index in [-0.39, 0.29) is 5.65 Å². The fourth-order valence-corrected chi connectivity index (χ4v) is 1.55. The minimum Gasteiger partial charge on any atom is -0.278 e. The van der Waals surface area contributed by atoms with Crippen LogP contribution in [0.2, 0.25) is 0 Å². The number of fused-ring (bicyclic) bond motifs is 1. The van der Waals surface area contributed by atoms with E-state index in [9.17, 15) is 13.2 Å². The quantitative estimate of drug-likeness (QED) is 0.742. The van der Waals surface area contributed by atoms with Crippen molar-refractivity contribution in [3.8, 4) is 0 Å². The molecule has 80 valence electrons. The molecule has 3 nitrogen and oxygen atoms in total. The Morgan fingerprint density at radius 3 is 2.60 bits per heavy atom. The van der Waals surface area contributed by atoms with Crippen LogP contribution in [0.1, 0.15) is 11.4 Å². The Morgan fingerprint density at radius 1 is 1.33 bits per heavy atom. The lowest BCUT2D eigenvalue weighted by Crippen LogP contribution is -2.10. The fraction of sp³-hybridized carbons (Fsp3) is 0.250. The Hall–Kier alpha value is -1.11. The second-order valence-electron chi connectivity index (χ2n) is 3.00. The third-order valence-corrected chi connectivity index (χ3v) is 2.87. The van der Waals surface area contributed by atoms with Crippen LogP contribution in [0.15, 0.2) is 16.7 Å². The van der Waals surface area contributed by atoms with E-state index in [1.807, 2.05) is 0 Å². The van der Waals surface area contributed by atoms with Crippen molar-refractivity contribution < 1.29 is 13.2 Å². The van der Waals surface area contributed by atoms with Gasteiger partial charge in [-0.3, -0.25) is 4.40 Å². The molecule has 0 saturated heterocycles. The number of hydrogen-bond acceptors (Lipinski definition) is 2. The van der Waals surface area contributed by atoms with Gasteiger partial charge in [0.1, 0.15) is 0 Å². The van der Waals surface area contributed by atoms with Gasteiger partial charge in [0, 0.05) is 16.2 Å². The van der Waals surface area contributed by atoms with Crippen LogP contribution >= 0.6 is 15.9 Å². The normalized spacial score (nSPS) is 12.3. The molecule has 0 spiro atoms. The zero-order chi connectivity index (χ0) is 11.2. The Morgan fingerprint density at radius 2 is 2.00 bits per heavy atom. The maximum absolute atomic E-state index is 12.4. The summed E-state index contributed by atoms with van der Waals surface area (Å²) in [5, 5.41) is 6.64. The molecule has 0 atom stereocenters. The molecule has 0 unspecified atom stereocenters. The summed E-state index contributed by atoms with van der Waals surface area (Å²) in [6.07, 6.45) is -3.20. The van der Waals surface area contributed by atoms with Crippen molar-refractivity contribution in [2.75, 3.05) is 0 Å². The molecule has 0 fully saturated rings. The molecule has 0 aliphatic carbocycles. The number of hydrogen-bond donors (Lipinski definition) is 0. The topological polar surface area (TPSA) is 30.2 Å². The first-order valence-corrected chi connectivity index (χ1v) is 4.77. The molecule has 0 N–H and O–H groups in total. The first kappa shape index (κ1) is 10.4. The van der Waals surface area contributed by atoms with Crippen LogP contribution in [0.4, 0.5) is 13.2 Å². The second kappa shape index (κ2) is 3.19. The van der Waals surface area contributed by atoms with Crippen molar-refractivity contribution in [3.63, 3.8) is 0 Å². The second-order valence-corrected chi connectivity index (χ2v) is 3.86. The van der Waals surface area contributed by atoms with Gasteiger partial charge >= 0.3 is 6.18 Å². The molecule has 0 saturated carbocycles. The predicted octanol–water partition coefficient (Wildman–Crippen LogP) is 2.82. The molecule has 0 aliphatic heterocycles. The largest absolute Gasteiger partial charge is 0.452 e. The lowest BCUT2D eigenvalue weighted by molar-refractivity contribution is -0.145. The highest BCUT2D eigenvalue weighted by atomic mass is 79.9. The van der Waals surface area contributed by atoms with E-state index in [4.69, 9.17) is 0 Å². The number of aryl methyl sites for hydroxylation is 1. The Labute approximate surface area is 91.1 Å². The van der Waals surface area contributed by atoms with Gasteiger partial charge in [-0.1, -0.05) is 15.9 Å². The van der Waals surface area contributed by atoms with Crippen molar-refractivity contribution in [2.24, 2.45) is 0 Å². The lowest BCUT2D eigenvalue weighted by Gasteiger charge is -2.05. The van der Waals surface area contributed by atoms with E-state index in [0.717, 1.165) is 4.40 Å². The summed E-state index contributed by atoms with van der Waals surface area (Å²) in [5.41, 5.74) is 0.831. The van der Waals surface area contributed by atoms with Crippen LogP contribution in [-0.4, -0.2) is 14.6 Å². The van der Waals surface area contributed by atoms with Crippen LogP contribution in [0.25, 0.3) is 5.65 Å². The molecule has 15 heavy (non-hydrogen) atoms. The Kier molecular flexibility index (Phi) is 2.22. The third kappa shape index (κ3) is 1.60. The van der Waals surface area contributed by atoms with Crippen LogP contribution < -0.4 is 0 Å². The number of aromatic nitrogens is 3. The highest BCUT2D eigenvalue weighted by Crippen LogP contribution is 2.29. The van der Waals surface area contributed by atoms with Gasteiger partial charge < -0.3 is 0 Å². The molecule has 7 heteroatoms. The molecule has 0 bridgehead atoms. The predicted molar refractivity (Wildman–Crippen MR) is 50.4 cm³/mol. The van der Waals surface area contributed by atoms with E-state index < -0.39 is 12.0 Å². The molecule has 2 aromatic rings. The monoisotopic (exact) mass is 279 g/mol. The highest BCUT2D eigenvalue weighted by molar-refractivity contribution is 9.10. The van der Waals surface area contributed by atoms with Gasteiger partial charge in [-0.15, -0.1) is 10.2 Å². The van der Waals surface area contributed by atoms with Crippen LogP contribution in [-0.2, 0) is 6.18 Å². The zero-order valence-corrected chi connectivity index (χ0v) is 9.09. The molecule has 0 aliphatic rings. The van der Waals surface area contributed by atoms with Crippen molar-refractivity contribution in [1.29, 1.82) is 0 Å². The third-order valence-electron chi connectivity index (χ3n) is 2.01. The summed E-state index contributed by atoms with van der Waals surface area (Å²) in [6, 6.07) is 1.53. The van der Waals surface area contributed by atoms with Crippen molar-refractivity contribution in [2.45, 2.75) is 13.1 Å². The summed E-state index contributed by atoms with van der Waals surface area (Å²) in [6.45, 7) is 1.67. The molecule has 0 amide bonds. The number of halogens is 4. The molecule has 2 heterocycles. The summed E-state index contributed by atoms with van der Waals surface area (Å²) >= 11 is 3.21. The Bertz CT molecular complexity index is 518. The minimum absolute atomic E-state index is 0.205. The van der Waals surface area contributed by atoms with Crippen molar-refractivity contribution in [3.05, 3.63) is 28.1 Å². The van der Waals surface area contributed by atoms with Crippen molar-refractivity contribution in [1.82, 2.24) is 14.6 Å². The van der Waals surface area contributed by atoms with Gasteiger partial charge in [-0.25, -0.2) is 0 Å². The van der Waals surface area contributed by atoms with E-state index >= 15 is 0 Å². The maximum atomic E-state index is 12.4. The van der Waals surface area contributed by atoms with E-state index in [0.29, 0.717) is 10.0 Å². The molecule has 2 aromatic heterocycles. The van der Waals surface area contributed by atoms with Gasteiger partial charge in [0.2, 0.25) is 5.82 Å². The highest BCUT2D eigenvalue weighted by Gasteiger charge is 2.37. The number of rotatable bonds is 0. The van der Waals surface area contributed by atoms with Crippen LogP contribution in [0, 0.1) is 6.92 Å². The summed E-state index contributed by atoms with van der Waals surface area (Å²) in [5.74, 6) is -1.01. The van der Waals surface area contributed by atoms with Gasteiger partial charge in [0.15, 0.2) is 5.65 Å². The molecular formula is C8H5BrF3N3. The van der Waals surface area contributed by atoms with Gasteiger partial charge in [0.25, 0.3) is 0 Å². The first-order valence-electron chi connectivity index (χ1n) is 3.98. The smallest absolute Gasteiger partial charge is 0.278 e. The maximum Gasteiger partial charge on any atom is 0.452 e. The standard InChI is InChI=1S/C8H5BrF3N3/c1-4-5(9)2-3-15-6(4)13-14-7(15)8(10,11)12/h2-3H,1H3. The summed E-state index contributed by atoms with van der Waals surface area (Å²) < 4.78 is 39.0. The van der Waals surface area contributed by atoms with E-state index in [1.165, 1.54) is 12.3 Å². The average Bonchev–Trinajstić information content (AvgIpc) is 2.54. The Balaban J connectivity index is 2.78. The lowest BCUT2D eigenvalue weighted by atomic mass is 10.3. The molecule has 2 rings (SSSR count). The first-order chi connectivity index (χ1) is 6.91. The van der Waals surface area contributed by atoms with Crippen molar-refractivity contribution >= 4 is 21.6 Å². The summed E-state index contributed by atoms with van der Waals surface area (Å²) in [7, 11) is 0. The summed E-state index contributed by atoms with van der Waals surface area (Å²) in [4.78, 5) is 0. The van der Waals surface area contributed by atoms with E-state index in [2.05, 4.69) is 26.1 Å². The SMILES string of the molecule is Cc1c(Br)ccn2c(C(F)(F)F)nnc12. The number of alkyl halides is 3. The van der Waals surface area contributed by atoms with Crippen LogP contribution in [0.3, 0.4) is 0 Å². The van der Waals surface area contributed by atoms with Gasteiger partial charge in [-0.05, 0) is 13.0 Å². The molecule has 0 radical (unpaired) electrons. The average molecular weight is 280 g/mol. The fourth-order valence-electron chi connectivity index (χ4n) is 1.25. The number of pyridine rings is 1. The molecular weight excluding hydrogens is 275 g/mol. The van der Waals surface area contributed by atoms with E-state index in [1.54, 1.807) is 6.92 Å². The van der Waals surface area contributed by atoms with Gasteiger partial charge in [0.05, 0.1) is 0 Å². The van der Waals surface area contributed by atoms with Gasteiger partial charge in [-0.2, -0.15) is 13.2 Å². The van der Waals surface area contributed by atoms with Crippen LogP contribution in [0.5, 0.6) is 0 Å². The molecule has 0 aromatic carbocycles. The zero-order valence-electron chi connectivity index (χ0n) is 7.51. The minimum atomic E-state index is -4.49. The number of nitrogens with zero attached hydrogens (tertiary/aromatic N) is 3.